The fraction of sp³-hybridized carbons (Fsp3) is 0.500. The van der Waals surface area contributed by atoms with E-state index in [1.54, 1.807) is 18.2 Å². The standard InChI is InChI=1S/C14H22N4O/c1-9-7-18(8-10(2)17(9)3)14(19)11-4-12(15)6-13(16)5-11/h4-6,9-10H,7-8,15-16H2,1-3H3. The number of nitrogens with two attached hydrogens (primary N) is 2. The SMILES string of the molecule is CC1CN(C(=O)c2cc(N)cc(N)c2)CC(C)N1C. The Bertz CT molecular complexity index is 456. The van der Waals surface area contributed by atoms with Crippen LogP contribution in [0, 0.1) is 0 Å². The van der Waals surface area contributed by atoms with Crippen molar-refractivity contribution in [1.82, 2.24) is 9.80 Å². The van der Waals surface area contributed by atoms with E-state index in [0.717, 1.165) is 13.1 Å². The topological polar surface area (TPSA) is 75.6 Å². The molecule has 0 radical (unpaired) electrons. The summed E-state index contributed by atoms with van der Waals surface area (Å²) in [5, 5.41) is 0. The summed E-state index contributed by atoms with van der Waals surface area (Å²) in [6, 6.07) is 5.74. The molecule has 0 aliphatic carbocycles. The van der Waals surface area contributed by atoms with Gasteiger partial charge in [-0.25, -0.2) is 0 Å². The first-order chi connectivity index (χ1) is 8.88. The van der Waals surface area contributed by atoms with Gasteiger partial charge in [0.05, 0.1) is 0 Å². The quantitative estimate of drug-likeness (QED) is 0.741. The van der Waals surface area contributed by atoms with E-state index in [-0.39, 0.29) is 5.91 Å². The van der Waals surface area contributed by atoms with Gasteiger partial charge < -0.3 is 16.4 Å². The van der Waals surface area contributed by atoms with Crippen LogP contribution in [0.15, 0.2) is 18.2 Å². The molecule has 5 heteroatoms. The van der Waals surface area contributed by atoms with Crippen LogP contribution in [0.1, 0.15) is 24.2 Å². The molecule has 0 aromatic heterocycles. The van der Waals surface area contributed by atoms with Crippen molar-refractivity contribution in [2.75, 3.05) is 31.6 Å². The summed E-state index contributed by atoms with van der Waals surface area (Å²) in [6.45, 7) is 5.72. The van der Waals surface area contributed by atoms with Crippen LogP contribution in [0.25, 0.3) is 0 Å². The Balaban J connectivity index is 2.20. The monoisotopic (exact) mass is 262 g/mol. The first-order valence-corrected chi connectivity index (χ1v) is 6.55. The zero-order valence-corrected chi connectivity index (χ0v) is 11.8. The number of nitrogens with zero attached hydrogens (tertiary/aromatic N) is 2. The molecule has 1 saturated heterocycles. The molecule has 4 N–H and O–H groups in total. The lowest BCUT2D eigenvalue weighted by atomic mass is 10.1. The average molecular weight is 262 g/mol. The lowest BCUT2D eigenvalue weighted by molar-refractivity contribution is 0.0414. The highest BCUT2D eigenvalue weighted by Crippen LogP contribution is 2.19. The molecule has 2 rings (SSSR count). The maximum absolute atomic E-state index is 12.5. The molecule has 2 unspecified atom stereocenters. The molecule has 0 saturated carbocycles. The van der Waals surface area contributed by atoms with Gasteiger partial charge in [0, 0.05) is 42.1 Å². The van der Waals surface area contributed by atoms with E-state index in [1.165, 1.54) is 0 Å². The number of hydrogen-bond acceptors (Lipinski definition) is 4. The average Bonchev–Trinajstić information content (AvgIpc) is 2.33. The van der Waals surface area contributed by atoms with Gasteiger partial charge in [0.25, 0.3) is 5.91 Å². The predicted octanol–water partition coefficient (Wildman–Crippen LogP) is 1.02. The van der Waals surface area contributed by atoms with Gasteiger partial charge in [0.2, 0.25) is 0 Å². The van der Waals surface area contributed by atoms with Gasteiger partial charge in [-0.05, 0) is 39.1 Å². The summed E-state index contributed by atoms with van der Waals surface area (Å²) in [6.07, 6.45) is 0. The van der Waals surface area contributed by atoms with Gasteiger partial charge in [-0.15, -0.1) is 0 Å². The molecule has 1 aromatic rings. The highest BCUT2D eigenvalue weighted by Gasteiger charge is 2.29. The molecule has 5 nitrogen and oxygen atoms in total. The van der Waals surface area contributed by atoms with Crippen LogP contribution in [-0.4, -0.2) is 47.9 Å². The fourth-order valence-electron chi connectivity index (χ4n) is 2.55. The Hall–Kier alpha value is -1.75. The summed E-state index contributed by atoms with van der Waals surface area (Å²) in [5.41, 5.74) is 13.1. The minimum Gasteiger partial charge on any atom is -0.399 e. The number of anilines is 2. The molecule has 1 heterocycles. The first kappa shape index (κ1) is 13.7. The highest BCUT2D eigenvalue weighted by molar-refractivity contribution is 5.96. The second-order valence-electron chi connectivity index (χ2n) is 5.46. The summed E-state index contributed by atoms with van der Waals surface area (Å²) in [7, 11) is 2.09. The number of carbonyl (C=O) groups excluding carboxylic acids is 1. The second-order valence-corrected chi connectivity index (χ2v) is 5.46. The van der Waals surface area contributed by atoms with Gasteiger partial charge >= 0.3 is 0 Å². The lowest BCUT2D eigenvalue weighted by Crippen LogP contribution is -2.56. The van der Waals surface area contributed by atoms with Crippen molar-refractivity contribution in [3.05, 3.63) is 23.8 Å². The van der Waals surface area contributed by atoms with E-state index in [4.69, 9.17) is 11.5 Å². The third-order valence-corrected chi connectivity index (χ3v) is 3.87. The predicted molar refractivity (Wildman–Crippen MR) is 77.9 cm³/mol. The van der Waals surface area contributed by atoms with E-state index in [0.29, 0.717) is 29.0 Å². The van der Waals surface area contributed by atoms with Crippen LogP contribution in [0.5, 0.6) is 0 Å². The Morgan fingerprint density at radius 1 is 1.11 bits per heavy atom. The van der Waals surface area contributed by atoms with E-state index >= 15 is 0 Å². The molecule has 1 amide bonds. The van der Waals surface area contributed by atoms with Crippen LogP contribution >= 0.6 is 0 Å². The van der Waals surface area contributed by atoms with Crippen LogP contribution in [0.2, 0.25) is 0 Å². The molecule has 2 atom stereocenters. The summed E-state index contributed by atoms with van der Waals surface area (Å²) in [4.78, 5) is 16.7. The Morgan fingerprint density at radius 3 is 2.05 bits per heavy atom. The number of carbonyl (C=O) groups is 1. The van der Waals surface area contributed by atoms with E-state index in [2.05, 4.69) is 25.8 Å². The van der Waals surface area contributed by atoms with Crippen molar-refractivity contribution >= 4 is 17.3 Å². The molecule has 0 spiro atoms. The summed E-state index contributed by atoms with van der Waals surface area (Å²) >= 11 is 0. The maximum Gasteiger partial charge on any atom is 0.254 e. The summed E-state index contributed by atoms with van der Waals surface area (Å²) in [5.74, 6) is 0.00537. The van der Waals surface area contributed by atoms with Gasteiger partial charge in [-0.3, -0.25) is 9.69 Å². The van der Waals surface area contributed by atoms with E-state index in [1.807, 2.05) is 4.90 Å². The third kappa shape index (κ3) is 2.81. The number of piperazine rings is 1. The van der Waals surface area contributed by atoms with Crippen LogP contribution in [-0.2, 0) is 0 Å². The van der Waals surface area contributed by atoms with Crippen LogP contribution < -0.4 is 11.5 Å². The van der Waals surface area contributed by atoms with Gasteiger partial charge in [0.15, 0.2) is 0 Å². The third-order valence-electron chi connectivity index (χ3n) is 3.87. The fourth-order valence-corrected chi connectivity index (χ4v) is 2.55. The Kier molecular flexibility index (Phi) is 3.66. The van der Waals surface area contributed by atoms with Crippen LogP contribution in [0.4, 0.5) is 11.4 Å². The molecule has 104 valence electrons. The molecule has 1 aromatic carbocycles. The summed E-state index contributed by atoms with van der Waals surface area (Å²) < 4.78 is 0. The van der Waals surface area contributed by atoms with Gasteiger partial charge in [0.1, 0.15) is 0 Å². The van der Waals surface area contributed by atoms with E-state index in [9.17, 15) is 4.79 Å². The van der Waals surface area contributed by atoms with Gasteiger partial charge in [-0.2, -0.15) is 0 Å². The normalized spacial score (nSPS) is 24.5. The number of hydrogen-bond donors (Lipinski definition) is 2. The van der Waals surface area contributed by atoms with Crippen molar-refractivity contribution in [3.8, 4) is 0 Å². The minimum atomic E-state index is 0.00537. The number of benzene rings is 1. The molecule has 1 fully saturated rings. The number of amides is 1. The van der Waals surface area contributed by atoms with Crippen LogP contribution in [0.3, 0.4) is 0 Å². The molecular weight excluding hydrogens is 240 g/mol. The maximum atomic E-state index is 12.5. The molecule has 1 aliphatic heterocycles. The zero-order chi connectivity index (χ0) is 14.2. The molecule has 19 heavy (non-hydrogen) atoms. The Morgan fingerprint density at radius 2 is 1.58 bits per heavy atom. The number of nitrogen functional groups attached to an aromatic ring is 2. The van der Waals surface area contributed by atoms with E-state index < -0.39 is 0 Å². The Labute approximate surface area is 114 Å². The second kappa shape index (κ2) is 5.09. The zero-order valence-electron chi connectivity index (χ0n) is 11.8. The lowest BCUT2D eigenvalue weighted by Gasteiger charge is -2.42. The minimum absolute atomic E-state index is 0.00537. The van der Waals surface area contributed by atoms with Crippen molar-refractivity contribution in [2.24, 2.45) is 0 Å². The van der Waals surface area contributed by atoms with Crippen molar-refractivity contribution in [1.29, 1.82) is 0 Å². The van der Waals surface area contributed by atoms with Crippen molar-refractivity contribution in [3.63, 3.8) is 0 Å². The first-order valence-electron chi connectivity index (χ1n) is 6.55. The van der Waals surface area contributed by atoms with Gasteiger partial charge in [-0.1, -0.05) is 0 Å². The number of rotatable bonds is 1. The number of likely N-dealkylation sites (N-methyl/N-ethyl adjacent to an activating group) is 1. The van der Waals surface area contributed by atoms with Crippen molar-refractivity contribution < 1.29 is 4.79 Å². The molecule has 1 aliphatic rings. The van der Waals surface area contributed by atoms with Crippen molar-refractivity contribution in [2.45, 2.75) is 25.9 Å². The highest BCUT2D eigenvalue weighted by atomic mass is 16.2. The largest absolute Gasteiger partial charge is 0.399 e. The molecule has 0 bridgehead atoms. The molecular formula is C14H22N4O. The smallest absolute Gasteiger partial charge is 0.254 e.